The minimum absolute atomic E-state index is 0.0861. The molecule has 2 amide bonds. The van der Waals surface area contributed by atoms with Crippen molar-refractivity contribution in [3.8, 4) is 5.69 Å². The summed E-state index contributed by atoms with van der Waals surface area (Å²) in [6, 6.07) is 7.26. The molecule has 0 bridgehead atoms. The number of aromatic nitrogens is 3. The zero-order chi connectivity index (χ0) is 18.5. The van der Waals surface area contributed by atoms with Gasteiger partial charge in [0.05, 0.1) is 29.7 Å². The Hall–Kier alpha value is -2.90. The lowest BCUT2D eigenvalue weighted by molar-refractivity contribution is 0.0713. The molecule has 0 radical (unpaired) electrons. The second-order valence-electron chi connectivity index (χ2n) is 6.40. The number of carbonyl (C=O) groups excluding carboxylic acids is 2. The highest BCUT2D eigenvalue weighted by Crippen LogP contribution is 2.16. The first kappa shape index (κ1) is 17.9. The van der Waals surface area contributed by atoms with E-state index in [4.69, 9.17) is 4.74 Å². The zero-order valence-corrected chi connectivity index (χ0v) is 15.0. The number of hydrogen-bond donors (Lipinski definition) is 0. The van der Waals surface area contributed by atoms with E-state index < -0.39 is 0 Å². The first-order valence-electron chi connectivity index (χ1n) is 8.77. The van der Waals surface area contributed by atoms with Crippen LogP contribution in [0.15, 0.2) is 36.7 Å². The van der Waals surface area contributed by atoms with Gasteiger partial charge in [-0.25, -0.2) is 4.79 Å². The molecule has 0 spiro atoms. The molecule has 3 rings (SSSR count). The Labute approximate surface area is 152 Å². The Bertz CT molecular complexity index is 760. The van der Waals surface area contributed by atoms with Crippen molar-refractivity contribution < 1.29 is 14.3 Å². The molecule has 0 saturated carbocycles. The van der Waals surface area contributed by atoms with Crippen LogP contribution in [0.2, 0.25) is 0 Å². The molecule has 26 heavy (non-hydrogen) atoms. The fourth-order valence-electron chi connectivity index (χ4n) is 2.92. The molecule has 2 heterocycles. The van der Waals surface area contributed by atoms with Gasteiger partial charge < -0.3 is 14.5 Å². The molecule has 2 aromatic rings. The first-order valence-corrected chi connectivity index (χ1v) is 8.77. The summed E-state index contributed by atoms with van der Waals surface area (Å²) in [5.74, 6) is -0.0861. The number of ether oxygens (including phenoxy) is 1. The summed E-state index contributed by atoms with van der Waals surface area (Å²) in [6.07, 6.45) is 3.38. The zero-order valence-electron chi connectivity index (χ0n) is 15.0. The van der Waals surface area contributed by atoms with Gasteiger partial charge in [-0.05, 0) is 32.4 Å². The van der Waals surface area contributed by atoms with Gasteiger partial charge in [0.15, 0.2) is 0 Å². The normalized spacial score (nSPS) is 15.0. The molecular formula is C18H23N5O3. The first-order chi connectivity index (χ1) is 12.6. The number of para-hydroxylation sites is 1. The number of rotatable bonds is 3. The number of carbonyl (C=O) groups is 2. The molecule has 1 aliphatic heterocycles. The summed E-state index contributed by atoms with van der Waals surface area (Å²) in [7, 11) is 0. The van der Waals surface area contributed by atoms with Crippen molar-refractivity contribution in [3.63, 3.8) is 0 Å². The average molecular weight is 357 g/mol. The third-order valence-electron chi connectivity index (χ3n) is 4.15. The van der Waals surface area contributed by atoms with Crippen molar-refractivity contribution in [2.24, 2.45) is 0 Å². The second kappa shape index (κ2) is 7.99. The van der Waals surface area contributed by atoms with Crippen LogP contribution in [-0.4, -0.2) is 69.1 Å². The Morgan fingerprint density at radius 2 is 1.65 bits per heavy atom. The molecule has 0 aliphatic carbocycles. The lowest BCUT2D eigenvalue weighted by atomic mass is 10.1. The maximum atomic E-state index is 13.0. The molecule has 0 atom stereocenters. The van der Waals surface area contributed by atoms with Crippen LogP contribution < -0.4 is 0 Å². The molecular weight excluding hydrogens is 334 g/mol. The van der Waals surface area contributed by atoms with Gasteiger partial charge in [-0.1, -0.05) is 12.1 Å². The summed E-state index contributed by atoms with van der Waals surface area (Å²) in [6.45, 7) is 5.74. The predicted octanol–water partition coefficient (Wildman–Crippen LogP) is 1.96. The van der Waals surface area contributed by atoms with E-state index in [1.54, 1.807) is 28.3 Å². The number of amides is 2. The topological polar surface area (TPSA) is 80.6 Å². The van der Waals surface area contributed by atoms with Gasteiger partial charge in [0.2, 0.25) is 0 Å². The Balaban J connectivity index is 1.73. The largest absolute Gasteiger partial charge is 0.447 e. The third kappa shape index (κ3) is 4.01. The fourth-order valence-corrected chi connectivity index (χ4v) is 2.92. The maximum absolute atomic E-state index is 13.0. The SMILES string of the molecule is CC(C)OC(=O)N1CCCN(C(=O)c2ccccc2-n2nccn2)CC1. The highest BCUT2D eigenvalue weighted by molar-refractivity contribution is 5.97. The summed E-state index contributed by atoms with van der Waals surface area (Å²) in [4.78, 5) is 30.0. The van der Waals surface area contributed by atoms with E-state index in [-0.39, 0.29) is 18.1 Å². The maximum Gasteiger partial charge on any atom is 0.410 e. The molecule has 1 aliphatic rings. The standard InChI is InChI=1S/C18H23N5O3/c1-14(2)26-18(25)22-11-5-10-21(12-13-22)17(24)15-6-3-4-7-16(15)23-19-8-9-20-23/h3-4,6-9,14H,5,10-13H2,1-2H3. The summed E-state index contributed by atoms with van der Waals surface area (Å²) >= 11 is 0. The van der Waals surface area contributed by atoms with Crippen LogP contribution in [-0.2, 0) is 4.74 Å². The molecule has 1 aromatic carbocycles. The van der Waals surface area contributed by atoms with E-state index >= 15 is 0 Å². The van der Waals surface area contributed by atoms with E-state index in [0.717, 1.165) is 0 Å². The van der Waals surface area contributed by atoms with Gasteiger partial charge in [0.25, 0.3) is 5.91 Å². The molecule has 1 saturated heterocycles. The highest BCUT2D eigenvalue weighted by Gasteiger charge is 2.25. The minimum Gasteiger partial charge on any atom is -0.447 e. The monoisotopic (exact) mass is 357 g/mol. The van der Waals surface area contributed by atoms with E-state index in [1.807, 2.05) is 32.0 Å². The van der Waals surface area contributed by atoms with Crippen LogP contribution in [0.3, 0.4) is 0 Å². The molecule has 0 unspecified atom stereocenters. The van der Waals surface area contributed by atoms with Gasteiger partial charge in [0, 0.05) is 26.2 Å². The van der Waals surface area contributed by atoms with Crippen molar-refractivity contribution in [3.05, 3.63) is 42.2 Å². The van der Waals surface area contributed by atoms with E-state index in [9.17, 15) is 9.59 Å². The molecule has 1 aromatic heterocycles. The molecule has 138 valence electrons. The summed E-state index contributed by atoms with van der Waals surface area (Å²) < 4.78 is 5.26. The fraction of sp³-hybridized carbons (Fsp3) is 0.444. The van der Waals surface area contributed by atoms with Gasteiger partial charge in [-0.2, -0.15) is 15.0 Å². The molecule has 1 fully saturated rings. The number of nitrogens with zero attached hydrogens (tertiary/aromatic N) is 5. The van der Waals surface area contributed by atoms with Crippen molar-refractivity contribution in [2.75, 3.05) is 26.2 Å². The van der Waals surface area contributed by atoms with Crippen LogP contribution in [0.5, 0.6) is 0 Å². The van der Waals surface area contributed by atoms with E-state index in [0.29, 0.717) is 43.9 Å². The quantitative estimate of drug-likeness (QED) is 0.839. The van der Waals surface area contributed by atoms with Gasteiger partial charge in [-0.15, -0.1) is 0 Å². The lowest BCUT2D eigenvalue weighted by Gasteiger charge is -2.23. The number of benzene rings is 1. The minimum atomic E-state index is -0.324. The van der Waals surface area contributed by atoms with Gasteiger partial charge >= 0.3 is 6.09 Å². The van der Waals surface area contributed by atoms with E-state index in [1.165, 1.54) is 4.80 Å². The lowest BCUT2D eigenvalue weighted by Crippen LogP contribution is -2.38. The highest BCUT2D eigenvalue weighted by atomic mass is 16.6. The summed E-state index contributed by atoms with van der Waals surface area (Å²) in [5.41, 5.74) is 1.18. The van der Waals surface area contributed by atoms with Gasteiger partial charge in [-0.3, -0.25) is 4.79 Å². The second-order valence-corrected chi connectivity index (χ2v) is 6.40. The van der Waals surface area contributed by atoms with Crippen LogP contribution in [0.25, 0.3) is 5.69 Å². The smallest absolute Gasteiger partial charge is 0.410 e. The average Bonchev–Trinajstić information content (AvgIpc) is 3.04. The van der Waals surface area contributed by atoms with E-state index in [2.05, 4.69) is 10.2 Å². The Morgan fingerprint density at radius 3 is 2.38 bits per heavy atom. The van der Waals surface area contributed by atoms with Crippen molar-refractivity contribution in [1.29, 1.82) is 0 Å². The summed E-state index contributed by atoms with van der Waals surface area (Å²) in [5, 5.41) is 8.24. The molecule has 0 N–H and O–H groups in total. The Morgan fingerprint density at radius 1 is 1.00 bits per heavy atom. The Kier molecular flexibility index (Phi) is 5.50. The van der Waals surface area contributed by atoms with Crippen LogP contribution in [0.4, 0.5) is 4.79 Å². The predicted molar refractivity (Wildman–Crippen MR) is 95.1 cm³/mol. The van der Waals surface area contributed by atoms with Crippen LogP contribution >= 0.6 is 0 Å². The van der Waals surface area contributed by atoms with Crippen LogP contribution in [0, 0.1) is 0 Å². The van der Waals surface area contributed by atoms with Crippen molar-refractivity contribution in [2.45, 2.75) is 26.4 Å². The van der Waals surface area contributed by atoms with Gasteiger partial charge in [0.1, 0.15) is 0 Å². The van der Waals surface area contributed by atoms with Crippen molar-refractivity contribution in [1.82, 2.24) is 24.8 Å². The van der Waals surface area contributed by atoms with Crippen LogP contribution in [0.1, 0.15) is 30.6 Å². The number of hydrogen-bond acceptors (Lipinski definition) is 5. The molecule has 8 heteroatoms. The third-order valence-corrected chi connectivity index (χ3v) is 4.15. The van der Waals surface area contributed by atoms with Crippen molar-refractivity contribution >= 4 is 12.0 Å². The molecule has 8 nitrogen and oxygen atoms in total.